The first kappa shape index (κ1) is 40.8. The van der Waals surface area contributed by atoms with E-state index >= 15 is 0 Å². The minimum atomic E-state index is -2.31. The number of fused-ring (bicyclic) bond motifs is 1. The molecule has 0 saturated heterocycles. The molecule has 1 aromatic heterocycles. The summed E-state index contributed by atoms with van der Waals surface area (Å²) in [6.45, 7) is 0. The molecular weight excluding hydrogens is 706 g/mol. The summed E-state index contributed by atoms with van der Waals surface area (Å²) in [5.41, 5.74) is -1.77. The second kappa shape index (κ2) is 17.5. The molecule has 4 atom stereocenters. The summed E-state index contributed by atoms with van der Waals surface area (Å²) in [7, 11) is 2.67. The Morgan fingerprint density at radius 1 is 0.830 bits per heavy atom. The number of hydrogen-bond donors (Lipinski definition) is 10. The van der Waals surface area contributed by atoms with Gasteiger partial charge in [0.2, 0.25) is 5.75 Å². The highest BCUT2D eigenvalue weighted by atomic mass is 16.6. The molecule has 1 aliphatic rings. The topological polar surface area (TPSA) is 311 Å². The molecule has 0 spiro atoms. The molecule has 5 rings (SSSR count). The highest BCUT2D eigenvalue weighted by Crippen LogP contribution is 2.37. The molecule has 1 saturated carbocycles. The first-order valence-corrected chi connectivity index (χ1v) is 15.2. The summed E-state index contributed by atoms with van der Waals surface area (Å²) in [6, 6.07) is 14.2. The maximum atomic E-state index is 11.8. The number of aliphatic hydroxyl groups is 3. The monoisotopic (exact) mass is 741 g/mol. The predicted octanol–water partition coefficient (Wildman–Crippen LogP) is 1.69. The van der Waals surface area contributed by atoms with Gasteiger partial charge in [-0.25, -0.2) is 19.2 Å². The van der Waals surface area contributed by atoms with Crippen LogP contribution >= 0.6 is 0 Å². The van der Waals surface area contributed by atoms with E-state index in [0.717, 1.165) is 12.1 Å². The molecule has 282 valence electrons. The van der Waals surface area contributed by atoms with Crippen molar-refractivity contribution >= 4 is 40.9 Å². The number of carboxylic acid groups (broad SMARTS) is 3. The maximum absolute atomic E-state index is 11.8. The summed E-state index contributed by atoms with van der Waals surface area (Å²) in [4.78, 5) is 58.3. The Kier molecular flexibility index (Phi) is 13.5. The molecule has 10 N–H and O–H groups in total. The van der Waals surface area contributed by atoms with Crippen LogP contribution in [0.2, 0.25) is 0 Å². The van der Waals surface area contributed by atoms with Crippen LogP contribution in [0.5, 0.6) is 28.7 Å². The molecule has 1 fully saturated rings. The lowest BCUT2D eigenvalue weighted by atomic mass is 9.79. The van der Waals surface area contributed by atoms with Gasteiger partial charge in [-0.3, -0.25) is 4.79 Å². The minimum Gasteiger partial charge on any atom is -0.504 e. The van der Waals surface area contributed by atoms with Gasteiger partial charge in [0.05, 0.1) is 25.9 Å². The molecule has 0 bridgehead atoms. The molecule has 0 aliphatic heterocycles. The number of ether oxygens (including phenoxy) is 3. The molecule has 53 heavy (non-hydrogen) atoms. The van der Waals surface area contributed by atoms with E-state index in [4.69, 9.17) is 29.5 Å². The number of phenols is 3. The fourth-order valence-electron chi connectivity index (χ4n) is 4.86. The number of para-hydroxylation sites is 1. The van der Waals surface area contributed by atoms with Crippen molar-refractivity contribution < 1.29 is 79.3 Å². The van der Waals surface area contributed by atoms with Crippen molar-refractivity contribution in [3.05, 3.63) is 93.8 Å². The first-order chi connectivity index (χ1) is 24.9. The molecule has 0 radical (unpaired) electrons. The summed E-state index contributed by atoms with van der Waals surface area (Å²) in [5.74, 6) is -5.55. The molecule has 1 heterocycles. The number of carboxylic acids is 3. The van der Waals surface area contributed by atoms with Crippen molar-refractivity contribution in [2.45, 2.75) is 36.8 Å². The number of methoxy groups -OCH3 is 2. The maximum Gasteiger partial charge on any atom is 0.352 e. The number of aromatic nitrogens is 1. The van der Waals surface area contributed by atoms with Crippen molar-refractivity contribution in [2.24, 2.45) is 0 Å². The van der Waals surface area contributed by atoms with E-state index < -0.39 is 60.6 Å². The Balaban J connectivity index is 0.000000230. The van der Waals surface area contributed by atoms with Gasteiger partial charge < -0.3 is 65.2 Å². The van der Waals surface area contributed by atoms with E-state index in [0.29, 0.717) is 16.5 Å². The number of aliphatic hydroxyl groups excluding tert-OH is 2. The third kappa shape index (κ3) is 10.4. The second-order valence-corrected chi connectivity index (χ2v) is 11.3. The van der Waals surface area contributed by atoms with Crippen molar-refractivity contribution in [1.82, 2.24) is 4.98 Å². The highest BCUT2D eigenvalue weighted by molar-refractivity contribution is 5.90. The lowest BCUT2D eigenvalue weighted by Gasteiger charge is -2.39. The number of carbonyl (C=O) groups excluding carboxylic acids is 1. The van der Waals surface area contributed by atoms with Crippen LogP contribution in [-0.2, 0) is 14.3 Å². The normalized spacial score (nSPS) is 19.2. The lowest BCUT2D eigenvalue weighted by Crippen LogP contribution is -2.57. The van der Waals surface area contributed by atoms with Gasteiger partial charge in [0.15, 0.2) is 34.0 Å². The number of nitrogens with one attached hydrogen (secondary N) is 1. The smallest absolute Gasteiger partial charge is 0.352 e. The fourth-order valence-corrected chi connectivity index (χ4v) is 4.86. The van der Waals surface area contributed by atoms with E-state index in [1.54, 1.807) is 24.3 Å². The number of carbonyl (C=O) groups is 4. The Bertz CT molecular complexity index is 2050. The number of pyridine rings is 1. The van der Waals surface area contributed by atoms with Gasteiger partial charge >= 0.3 is 23.9 Å². The number of hydrogen-bond acceptors (Lipinski definition) is 14. The minimum absolute atomic E-state index is 0.00324. The van der Waals surface area contributed by atoms with Crippen molar-refractivity contribution in [3.8, 4) is 28.7 Å². The molecule has 0 amide bonds. The van der Waals surface area contributed by atoms with E-state index in [1.165, 1.54) is 50.6 Å². The predicted molar refractivity (Wildman–Crippen MR) is 182 cm³/mol. The van der Waals surface area contributed by atoms with Crippen molar-refractivity contribution in [2.75, 3.05) is 14.2 Å². The van der Waals surface area contributed by atoms with Crippen LogP contribution in [-0.4, -0.2) is 113 Å². The number of esters is 1. The largest absolute Gasteiger partial charge is 0.504 e. The van der Waals surface area contributed by atoms with Gasteiger partial charge in [-0.1, -0.05) is 18.2 Å². The summed E-state index contributed by atoms with van der Waals surface area (Å²) >= 11 is 0. The van der Waals surface area contributed by atoms with Gasteiger partial charge in [0.25, 0.3) is 0 Å². The molecular formula is C35H35NO17. The number of aromatic hydroxyl groups is 3. The molecule has 18 heteroatoms. The van der Waals surface area contributed by atoms with Crippen LogP contribution in [0.3, 0.4) is 0 Å². The zero-order chi connectivity index (χ0) is 39.6. The van der Waals surface area contributed by atoms with Crippen LogP contribution < -0.4 is 14.9 Å². The van der Waals surface area contributed by atoms with Crippen molar-refractivity contribution in [1.29, 1.82) is 0 Å². The van der Waals surface area contributed by atoms with Gasteiger partial charge in [-0.2, -0.15) is 0 Å². The molecule has 1 unspecified atom stereocenters. The Morgan fingerprint density at radius 2 is 1.45 bits per heavy atom. The molecule has 3 aromatic carbocycles. The SMILES string of the molecule is COc1cc(C(=O)O)cc(OC)c1O.O=C(/C=C/c1ccc(O)c(O)c1)OC1C[C@@](O)(C(=O)O)C[C@H](O)[C@@H]1O.O=C(O)c1cc(=O)c2ccccc2[nH]1. The van der Waals surface area contributed by atoms with E-state index in [-0.39, 0.29) is 45.4 Å². The molecule has 1 aliphatic carbocycles. The van der Waals surface area contributed by atoms with Crippen LogP contribution in [0, 0.1) is 0 Å². The standard InChI is InChI=1S/C16H18O9.C10H7NO3.C9H10O5/c17-9-3-1-8(5-10(9)18)2-4-13(20)25-12-7-16(24,15(22)23)6-11(19)14(12)21;12-9-5-8(10(13)14)11-7-4-2-1-3-6(7)9;1-13-6-3-5(9(11)12)4-7(14-2)8(6)10/h1-5,11-12,14,17-19,21,24H,6-7H2,(H,22,23);1-5H,(H,11,12)(H,13,14);3-4,10H,1-2H3,(H,11,12)/b4-2+;;/t11-,12?,14-,16+;;/m0../s1. The van der Waals surface area contributed by atoms with Crippen LogP contribution in [0.25, 0.3) is 17.0 Å². The van der Waals surface area contributed by atoms with Gasteiger partial charge in [-0.05, 0) is 48.0 Å². The van der Waals surface area contributed by atoms with E-state index in [1.807, 2.05) is 0 Å². The van der Waals surface area contributed by atoms with Crippen molar-refractivity contribution in [3.63, 3.8) is 0 Å². The number of aromatic amines is 1. The summed E-state index contributed by atoms with van der Waals surface area (Å²) in [5, 5.41) is 84.4. The Labute approximate surface area is 298 Å². The average Bonchev–Trinajstić information content (AvgIpc) is 3.11. The summed E-state index contributed by atoms with van der Waals surface area (Å²) in [6.07, 6.45) is -3.44. The molecule has 18 nitrogen and oxygen atoms in total. The number of rotatable bonds is 8. The Hall–Kier alpha value is -6.63. The van der Waals surface area contributed by atoms with Crippen LogP contribution in [0.4, 0.5) is 0 Å². The third-order valence-corrected chi connectivity index (χ3v) is 7.63. The van der Waals surface area contributed by atoms with Gasteiger partial charge in [-0.15, -0.1) is 0 Å². The number of aromatic carboxylic acids is 2. The molecule has 4 aromatic rings. The number of benzene rings is 3. The lowest BCUT2D eigenvalue weighted by molar-refractivity contribution is -0.196. The summed E-state index contributed by atoms with van der Waals surface area (Å²) < 4.78 is 14.5. The van der Waals surface area contributed by atoms with Gasteiger partial charge in [0.1, 0.15) is 17.9 Å². The fraction of sp³-hybridized carbons (Fsp3) is 0.229. The zero-order valence-corrected chi connectivity index (χ0v) is 27.9. The average molecular weight is 742 g/mol. The number of phenolic OH excluding ortho intramolecular Hbond substituents is 3. The van der Waals surface area contributed by atoms with Gasteiger partial charge in [0, 0.05) is 35.9 Å². The van der Waals surface area contributed by atoms with E-state index in [9.17, 15) is 54.6 Å². The second-order valence-electron chi connectivity index (χ2n) is 11.3. The van der Waals surface area contributed by atoms with Crippen LogP contribution in [0.1, 0.15) is 39.3 Å². The highest BCUT2D eigenvalue weighted by Gasteiger charge is 2.50. The van der Waals surface area contributed by atoms with Crippen LogP contribution in [0.15, 0.2) is 71.5 Å². The number of H-pyrrole nitrogens is 1. The third-order valence-electron chi connectivity index (χ3n) is 7.63. The zero-order valence-electron chi connectivity index (χ0n) is 27.9. The Morgan fingerprint density at radius 3 is 2.00 bits per heavy atom. The first-order valence-electron chi connectivity index (χ1n) is 15.2. The number of aliphatic carboxylic acids is 1. The van der Waals surface area contributed by atoms with E-state index in [2.05, 4.69) is 4.98 Å². The quantitative estimate of drug-likeness (QED) is 0.0698.